The van der Waals surface area contributed by atoms with Gasteiger partial charge in [-0.2, -0.15) is 0 Å². The fourth-order valence-corrected chi connectivity index (χ4v) is 7.16. The molecule has 0 saturated heterocycles. The summed E-state index contributed by atoms with van der Waals surface area (Å²) in [6, 6.07) is 0. The Morgan fingerprint density at radius 3 is 1.37 bits per heavy atom. The molecule has 0 spiro atoms. The van der Waals surface area contributed by atoms with Gasteiger partial charge in [0.05, 0.1) is 41.0 Å². The van der Waals surface area contributed by atoms with E-state index in [1.807, 2.05) is 21.1 Å². The number of carbonyl (C=O) groups excluding carboxylic acids is 1. The van der Waals surface area contributed by atoms with Crippen LogP contribution in [0.15, 0.2) is 60.8 Å². The van der Waals surface area contributed by atoms with Gasteiger partial charge in [0, 0.05) is 6.42 Å². The summed E-state index contributed by atoms with van der Waals surface area (Å²) in [5.41, 5.74) is 0. The highest BCUT2D eigenvalue weighted by Gasteiger charge is 2.20. The molecule has 8 nitrogen and oxygen atoms in total. The van der Waals surface area contributed by atoms with Crippen LogP contribution in [0.25, 0.3) is 0 Å². The van der Waals surface area contributed by atoms with Crippen LogP contribution < -0.4 is 4.89 Å². The molecule has 0 N–H and O–H groups in total. The van der Waals surface area contributed by atoms with Gasteiger partial charge in [-0.05, 0) is 44.9 Å². The minimum absolute atomic E-state index is 0.0119. The number of hydrogen-bond acceptors (Lipinski definition) is 7. The zero-order chi connectivity index (χ0) is 43.4. The summed E-state index contributed by atoms with van der Waals surface area (Å²) in [6.07, 6.45) is 54.1. The zero-order valence-corrected chi connectivity index (χ0v) is 39.8. The van der Waals surface area contributed by atoms with E-state index in [4.69, 9.17) is 18.5 Å². The predicted octanol–water partition coefficient (Wildman–Crippen LogP) is 13.9. The Bertz CT molecular complexity index is 1130. The molecule has 0 saturated carbocycles. The van der Waals surface area contributed by atoms with Gasteiger partial charge in [0.15, 0.2) is 0 Å². The van der Waals surface area contributed by atoms with Gasteiger partial charge in [0.25, 0.3) is 7.82 Å². The molecule has 0 rings (SSSR count). The Morgan fingerprint density at radius 1 is 0.542 bits per heavy atom. The molecule has 0 aromatic carbocycles. The van der Waals surface area contributed by atoms with Crippen molar-refractivity contribution in [3.63, 3.8) is 0 Å². The van der Waals surface area contributed by atoms with E-state index >= 15 is 0 Å². The number of nitrogens with zero attached hydrogens (tertiary/aromatic N) is 1. The largest absolute Gasteiger partial charge is 0.756 e. The van der Waals surface area contributed by atoms with Crippen molar-refractivity contribution in [3.8, 4) is 0 Å². The lowest BCUT2D eigenvalue weighted by atomic mass is 10.0. The highest BCUT2D eigenvalue weighted by atomic mass is 31.2. The van der Waals surface area contributed by atoms with Crippen LogP contribution in [-0.2, 0) is 27.9 Å². The average Bonchev–Trinajstić information content (AvgIpc) is 3.19. The van der Waals surface area contributed by atoms with Gasteiger partial charge in [-0.15, -0.1) is 0 Å². The second-order valence-electron chi connectivity index (χ2n) is 17.1. The third-order valence-corrected chi connectivity index (χ3v) is 11.1. The minimum atomic E-state index is -4.55. The molecule has 0 aromatic rings. The van der Waals surface area contributed by atoms with E-state index < -0.39 is 13.9 Å². The van der Waals surface area contributed by atoms with E-state index in [9.17, 15) is 14.3 Å². The number of quaternary nitrogens is 1. The average molecular weight is 850 g/mol. The number of unbranched alkanes of at least 4 members (excludes halogenated alkanes) is 20. The lowest BCUT2D eigenvalue weighted by Crippen LogP contribution is -2.37. The summed E-state index contributed by atoms with van der Waals surface area (Å²) in [5.74, 6) is -0.357. The van der Waals surface area contributed by atoms with Crippen LogP contribution in [-0.4, -0.2) is 70.7 Å². The monoisotopic (exact) mass is 850 g/mol. The second-order valence-corrected chi connectivity index (χ2v) is 18.5. The van der Waals surface area contributed by atoms with Crippen molar-refractivity contribution >= 4 is 13.8 Å². The van der Waals surface area contributed by atoms with Crippen LogP contribution in [0, 0.1) is 0 Å². The SMILES string of the molecule is CC/C=C\C/C=C\C/C=C\C/C=C\C/C=C\CCOCC(COP(=O)([O-])OCC[N+](C)(C)C)OC(=O)CCCCCCCCCCCCCCCCCCCCCCC. The van der Waals surface area contributed by atoms with E-state index in [-0.39, 0.29) is 25.8 Å². The van der Waals surface area contributed by atoms with Crippen molar-refractivity contribution in [2.24, 2.45) is 0 Å². The number of esters is 1. The number of phosphoric ester groups is 1. The van der Waals surface area contributed by atoms with Gasteiger partial charge in [-0.1, -0.05) is 203 Å². The van der Waals surface area contributed by atoms with Crippen molar-refractivity contribution < 1.29 is 37.3 Å². The molecule has 344 valence electrons. The van der Waals surface area contributed by atoms with Gasteiger partial charge in [-0.3, -0.25) is 9.36 Å². The third kappa shape index (κ3) is 47.1. The summed E-state index contributed by atoms with van der Waals surface area (Å²) < 4.78 is 34.5. The maximum absolute atomic E-state index is 12.7. The van der Waals surface area contributed by atoms with E-state index in [2.05, 4.69) is 74.6 Å². The van der Waals surface area contributed by atoms with Crippen LogP contribution >= 0.6 is 7.82 Å². The molecular formula is C50H92NO7P. The maximum Gasteiger partial charge on any atom is 0.306 e. The molecule has 0 aromatic heterocycles. The Kier molecular flexibility index (Phi) is 41.6. The predicted molar refractivity (Wildman–Crippen MR) is 249 cm³/mol. The quantitative estimate of drug-likeness (QED) is 0.0198. The van der Waals surface area contributed by atoms with Crippen molar-refractivity contribution in [2.45, 2.75) is 200 Å². The number of likely N-dealkylation sites (N-methyl/N-ethyl adjacent to an activating group) is 1. The topological polar surface area (TPSA) is 94.1 Å². The van der Waals surface area contributed by atoms with Crippen molar-refractivity contribution in [1.29, 1.82) is 0 Å². The molecule has 9 heteroatoms. The second kappa shape index (κ2) is 42.9. The first-order valence-corrected chi connectivity index (χ1v) is 25.5. The van der Waals surface area contributed by atoms with Crippen LogP contribution in [0.4, 0.5) is 0 Å². The fraction of sp³-hybridized carbons (Fsp3) is 0.780. The van der Waals surface area contributed by atoms with E-state index in [0.29, 0.717) is 30.5 Å². The summed E-state index contributed by atoms with van der Waals surface area (Å²) in [4.78, 5) is 25.1. The lowest BCUT2D eigenvalue weighted by Gasteiger charge is -2.28. The molecule has 0 aliphatic carbocycles. The number of rotatable bonds is 44. The molecule has 0 bridgehead atoms. The van der Waals surface area contributed by atoms with Crippen LogP contribution in [0.2, 0.25) is 0 Å². The lowest BCUT2D eigenvalue weighted by molar-refractivity contribution is -0.870. The first kappa shape index (κ1) is 57.2. The Balaban J connectivity index is 4.24. The van der Waals surface area contributed by atoms with Crippen molar-refractivity contribution in [2.75, 3.05) is 54.1 Å². The Labute approximate surface area is 364 Å². The van der Waals surface area contributed by atoms with Crippen LogP contribution in [0.1, 0.15) is 194 Å². The smallest absolute Gasteiger partial charge is 0.306 e. The van der Waals surface area contributed by atoms with Gasteiger partial charge in [0.2, 0.25) is 0 Å². The molecule has 2 atom stereocenters. The summed E-state index contributed by atoms with van der Waals surface area (Å²) in [7, 11) is 1.31. The van der Waals surface area contributed by atoms with Crippen LogP contribution in [0.5, 0.6) is 0 Å². The normalized spacial score (nSPS) is 14.2. The summed E-state index contributed by atoms with van der Waals surface area (Å²) >= 11 is 0. The van der Waals surface area contributed by atoms with Crippen molar-refractivity contribution in [1.82, 2.24) is 0 Å². The standard InChI is InChI=1S/C50H92NO7P/c1-6-8-10-12-14-16-18-20-22-24-25-26-27-28-29-31-33-35-37-39-41-43-50(52)58-49(48-57-59(53,54)56-46-44-51(3,4)5)47-55-45-42-40-38-36-34-32-30-23-21-19-17-15-13-11-9-7-2/h9,11,15,17,21,23,32,34,38,40,49H,6-8,10,12-14,16,18-20,22,24-31,33,35-37,39,41-48H2,1-5H3/b11-9-,17-15-,23-21-,34-32-,40-38-. The molecule has 0 fully saturated rings. The number of carbonyl (C=O) groups is 1. The van der Waals surface area contributed by atoms with E-state index in [1.165, 1.54) is 116 Å². The van der Waals surface area contributed by atoms with Crippen molar-refractivity contribution in [3.05, 3.63) is 60.8 Å². The summed E-state index contributed by atoms with van der Waals surface area (Å²) in [6.45, 7) is 5.08. The molecule has 59 heavy (non-hydrogen) atoms. The zero-order valence-electron chi connectivity index (χ0n) is 38.9. The minimum Gasteiger partial charge on any atom is -0.756 e. The van der Waals surface area contributed by atoms with Gasteiger partial charge in [0.1, 0.15) is 19.3 Å². The highest BCUT2D eigenvalue weighted by Crippen LogP contribution is 2.38. The molecule has 2 unspecified atom stereocenters. The first-order chi connectivity index (χ1) is 28.6. The molecule has 0 amide bonds. The first-order valence-electron chi connectivity index (χ1n) is 24.0. The third-order valence-electron chi connectivity index (χ3n) is 10.1. The fourth-order valence-electron chi connectivity index (χ4n) is 6.44. The Hall–Kier alpha value is -1.80. The van der Waals surface area contributed by atoms with E-state index in [1.54, 1.807) is 0 Å². The number of phosphoric acid groups is 1. The van der Waals surface area contributed by atoms with Crippen LogP contribution in [0.3, 0.4) is 0 Å². The van der Waals surface area contributed by atoms with E-state index in [0.717, 1.165) is 51.4 Å². The van der Waals surface area contributed by atoms with Gasteiger partial charge in [-0.25, -0.2) is 0 Å². The summed E-state index contributed by atoms with van der Waals surface area (Å²) in [5, 5.41) is 0. The van der Waals surface area contributed by atoms with Gasteiger partial charge < -0.3 is 27.9 Å². The molecule has 0 radical (unpaired) electrons. The number of hydrogen-bond donors (Lipinski definition) is 0. The molecular weight excluding hydrogens is 758 g/mol. The van der Waals surface area contributed by atoms with Gasteiger partial charge >= 0.3 is 5.97 Å². The highest BCUT2D eigenvalue weighted by molar-refractivity contribution is 7.45. The number of allylic oxidation sites excluding steroid dienone is 9. The maximum atomic E-state index is 12.7. The molecule has 0 aliphatic rings. The molecule has 0 aliphatic heterocycles. The Morgan fingerprint density at radius 2 is 0.949 bits per heavy atom. The molecule has 0 heterocycles. The number of ether oxygens (including phenoxy) is 2.